The van der Waals surface area contributed by atoms with E-state index in [2.05, 4.69) is 52.8 Å². The zero-order valence-corrected chi connectivity index (χ0v) is 16.3. The molecule has 0 aliphatic rings. The molecule has 1 nitrogen and oxygen atoms in total. The third kappa shape index (κ3) is 5.49. The summed E-state index contributed by atoms with van der Waals surface area (Å²) >= 11 is 0. The van der Waals surface area contributed by atoms with Gasteiger partial charge in [-0.3, -0.25) is 0 Å². The summed E-state index contributed by atoms with van der Waals surface area (Å²) in [4.78, 5) is 0. The van der Waals surface area contributed by atoms with E-state index in [0.29, 0.717) is 5.92 Å². The van der Waals surface area contributed by atoms with E-state index in [-0.39, 0.29) is 44.0 Å². The normalized spacial score (nSPS) is 10.5. The van der Waals surface area contributed by atoms with E-state index in [4.69, 9.17) is 4.74 Å². The van der Waals surface area contributed by atoms with Gasteiger partial charge >= 0.3 is 31.1 Å². The average Bonchev–Trinajstić information content (AvgIpc) is 2.15. The van der Waals surface area contributed by atoms with Crippen molar-refractivity contribution in [2.24, 2.45) is 0 Å². The molecule has 0 bridgehead atoms. The fourth-order valence-electron chi connectivity index (χ4n) is 1.42. The Morgan fingerprint density at radius 3 is 2.06 bits per heavy atom. The van der Waals surface area contributed by atoms with Crippen molar-refractivity contribution < 1.29 is 35.9 Å². The smallest absolute Gasteiger partial charge is 0.523 e. The first-order valence-electron chi connectivity index (χ1n) is 5.46. The van der Waals surface area contributed by atoms with Crippen LogP contribution in [-0.4, -0.2) is 7.11 Å². The third-order valence-electron chi connectivity index (χ3n) is 2.57. The van der Waals surface area contributed by atoms with Crippen molar-refractivity contribution in [2.75, 3.05) is 7.11 Å². The molecule has 0 spiro atoms. The Morgan fingerprint density at radius 1 is 1.18 bits per heavy atom. The largest absolute Gasteiger partial charge is 2.00 e. The van der Waals surface area contributed by atoms with E-state index in [1.54, 1.807) is 7.11 Å². The molecule has 1 rings (SSSR count). The van der Waals surface area contributed by atoms with Gasteiger partial charge in [-0.2, -0.15) is 11.6 Å². The fourth-order valence-corrected chi connectivity index (χ4v) is 1.42. The Morgan fingerprint density at radius 2 is 1.71 bits per heavy atom. The first-order chi connectivity index (χ1) is 6.84. The molecule has 0 radical (unpaired) electrons. The average molecular weight is 458 g/mol. The zero-order valence-electron chi connectivity index (χ0n) is 12.1. The summed E-state index contributed by atoms with van der Waals surface area (Å²) in [7, 11) is 1.70. The molecule has 0 N–H and O–H groups in total. The Hall–Kier alpha value is 0.0719. The van der Waals surface area contributed by atoms with Crippen LogP contribution < -0.4 is 4.74 Å². The molecule has 0 atom stereocenters. The standard InChI is InChI=1S/C14H21O.CH3.U/c1-10(2)11-7-12(14(3,4)5)9-13(8-11)15-6;;/h7,9-10H,1-6H3;1H3;/q2*-1;+2. The second kappa shape index (κ2) is 7.49. The molecule has 0 aromatic heterocycles. The molecule has 94 valence electrons. The van der Waals surface area contributed by atoms with Gasteiger partial charge in [0.25, 0.3) is 0 Å². The van der Waals surface area contributed by atoms with Gasteiger partial charge in [0.1, 0.15) is 0 Å². The van der Waals surface area contributed by atoms with Crippen molar-refractivity contribution in [1.82, 2.24) is 0 Å². The minimum atomic E-state index is 0. The molecule has 1 aromatic rings. The van der Waals surface area contributed by atoms with Crippen LogP contribution in [-0.2, 0) is 5.41 Å². The topological polar surface area (TPSA) is 9.23 Å². The number of hydrogen-bond acceptors (Lipinski definition) is 1. The SMILES string of the molecule is COc1[c-]c(C(C)C)cc(C(C)(C)C)c1.[CH3-].[U+2]. The molecule has 0 unspecified atom stereocenters. The van der Waals surface area contributed by atoms with Crippen LogP contribution in [0, 0.1) is 44.6 Å². The van der Waals surface area contributed by atoms with Crippen LogP contribution in [0.4, 0.5) is 0 Å². The first kappa shape index (κ1) is 19.4. The van der Waals surface area contributed by atoms with Crippen LogP contribution in [0.15, 0.2) is 12.1 Å². The predicted octanol–water partition coefficient (Wildman–Crippen LogP) is 4.37. The first-order valence-corrected chi connectivity index (χ1v) is 5.46. The van der Waals surface area contributed by atoms with Crippen LogP contribution in [0.25, 0.3) is 0 Å². The Balaban J connectivity index is 0. The molecule has 0 aliphatic carbocycles. The summed E-state index contributed by atoms with van der Waals surface area (Å²) in [5.74, 6) is 1.33. The third-order valence-corrected chi connectivity index (χ3v) is 2.57. The van der Waals surface area contributed by atoms with E-state index in [9.17, 15) is 0 Å². The Kier molecular flexibility index (Phi) is 8.56. The van der Waals surface area contributed by atoms with Crippen molar-refractivity contribution in [1.29, 1.82) is 0 Å². The van der Waals surface area contributed by atoms with Crippen molar-refractivity contribution in [3.63, 3.8) is 0 Å². The van der Waals surface area contributed by atoms with Crippen molar-refractivity contribution in [2.45, 2.75) is 46.0 Å². The van der Waals surface area contributed by atoms with Crippen LogP contribution >= 0.6 is 0 Å². The predicted molar refractivity (Wildman–Crippen MR) is 71.0 cm³/mol. The Bertz CT molecular complexity index is 337. The molecule has 0 heterocycles. The number of methoxy groups -OCH3 is 1. The second-order valence-electron chi connectivity index (χ2n) is 5.30. The minimum absolute atomic E-state index is 0. The zero-order chi connectivity index (χ0) is 11.6. The Labute approximate surface area is 131 Å². The van der Waals surface area contributed by atoms with Gasteiger partial charge in [0.05, 0.1) is 7.11 Å². The number of ether oxygens (including phenoxy) is 1. The number of rotatable bonds is 2. The molecule has 0 saturated heterocycles. The molecule has 0 amide bonds. The van der Waals surface area contributed by atoms with Gasteiger partial charge in [0.2, 0.25) is 0 Å². The minimum Gasteiger partial charge on any atom is -0.523 e. The van der Waals surface area contributed by atoms with Crippen molar-refractivity contribution >= 4 is 0 Å². The van der Waals surface area contributed by atoms with E-state index in [1.807, 2.05) is 0 Å². The quantitative estimate of drug-likeness (QED) is 0.599. The summed E-state index contributed by atoms with van der Waals surface area (Å²) in [6, 6.07) is 7.59. The molecule has 2 heteroatoms. The maximum atomic E-state index is 5.29. The van der Waals surface area contributed by atoms with Gasteiger partial charge < -0.3 is 12.2 Å². The van der Waals surface area contributed by atoms with Crippen LogP contribution in [0.3, 0.4) is 0 Å². The molecule has 17 heavy (non-hydrogen) atoms. The van der Waals surface area contributed by atoms with E-state index in [1.165, 1.54) is 11.1 Å². The summed E-state index contributed by atoms with van der Waals surface area (Å²) in [6.07, 6.45) is 0. The molecular formula is C15H24OU. The number of hydrogen-bond donors (Lipinski definition) is 0. The van der Waals surface area contributed by atoms with Crippen molar-refractivity contribution in [3.05, 3.63) is 36.8 Å². The maximum absolute atomic E-state index is 5.29. The van der Waals surface area contributed by atoms with Gasteiger partial charge in [-0.15, -0.1) is 17.7 Å². The monoisotopic (exact) mass is 458 g/mol. The van der Waals surface area contributed by atoms with Gasteiger partial charge in [0.15, 0.2) is 0 Å². The van der Waals surface area contributed by atoms with Crippen LogP contribution in [0.2, 0.25) is 0 Å². The maximum Gasteiger partial charge on any atom is 2.00 e. The summed E-state index contributed by atoms with van der Waals surface area (Å²) in [5.41, 5.74) is 2.69. The van der Waals surface area contributed by atoms with Gasteiger partial charge in [-0.1, -0.05) is 34.6 Å². The second-order valence-corrected chi connectivity index (χ2v) is 5.30. The van der Waals surface area contributed by atoms with Crippen LogP contribution in [0.5, 0.6) is 5.75 Å². The summed E-state index contributed by atoms with van der Waals surface area (Å²) in [5, 5.41) is 0. The van der Waals surface area contributed by atoms with Crippen LogP contribution in [0.1, 0.15) is 51.7 Å². The van der Waals surface area contributed by atoms with Gasteiger partial charge in [0, 0.05) is 5.75 Å². The fraction of sp³-hybridized carbons (Fsp3) is 0.533. The van der Waals surface area contributed by atoms with E-state index in [0.717, 1.165) is 5.75 Å². The van der Waals surface area contributed by atoms with E-state index >= 15 is 0 Å². The molecule has 1 aromatic carbocycles. The van der Waals surface area contributed by atoms with Gasteiger partial charge in [-0.05, 0) is 11.3 Å². The molecule has 0 saturated carbocycles. The summed E-state index contributed by atoms with van der Waals surface area (Å²) in [6.45, 7) is 11.0. The van der Waals surface area contributed by atoms with Crippen molar-refractivity contribution in [3.8, 4) is 5.75 Å². The summed E-state index contributed by atoms with van der Waals surface area (Å²) < 4.78 is 5.29. The van der Waals surface area contributed by atoms with E-state index < -0.39 is 0 Å². The molecule has 0 fully saturated rings. The molecular weight excluding hydrogens is 434 g/mol. The number of benzene rings is 1. The molecule has 0 aliphatic heterocycles. The van der Waals surface area contributed by atoms with Gasteiger partial charge in [-0.25, -0.2) is 0 Å².